The van der Waals surface area contributed by atoms with Crippen molar-refractivity contribution in [1.82, 2.24) is 19.2 Å². The lowest BCUT2D eigenvalue weighted by molar-refractivity contribution is -0.141. The molecule has 8 heteroatoms. The number of aryl methyl sites for hydroxylation is 3. The van der Waals surface area contributed by atoms with Gasteiger partial charge in [-0.25, -0.2) is 9.29 Å². The first-order chi connectivity index (χ1) is 13.1. The van der Waals surface area contributed by atoms with Crippen LogP contribution in [0, 0.1) is 26.2 Å². The predicted molar refractivity (Wildman–Crippen MR) is 103 cm³/mol. The smallest absolute Gasteiger partial charge is 0.298 e. The van der Waals surface area contributed by atoms with Crippen LogP contribution >= 0.6 is 11.9 Å². The minimum absolute atomic E-state index is 0.326. The summed E-state index contributed by atoms with van der Waals surface area (Å²) in [5.41, 5.74) is 3.34. The number of aromatic nitrogens is 2. The molecule has 0 atom stereocenters. The highest BCUT2D eigenvalue weighted by molar-refractivity contribution is 7.97. The predicted octanol–water partition coefficient (Wildman–Crippen LogP) is 4.25. The van der Waals surface area contributed by atoms with Crippen LogP contribution in [0.25, 0.3) is 0 Å². The minimum Gasteiger partial charge on any atom is -0.298 e. The Kier molecular flexibility index (Phi) is 4.92. The van der Waals surface area contributed by atoms with Crippen molar-refractivity contribution >= 4 is 11.9 Å². The standard InChI is InChI=1S/C20H23F3N4S/c1-13-4-5-16(14(2)24-13)8-26-9-19(10-26)11-27(12-19)28-17-6-7-18(20(21,22)23)25-15(17)3/h4-7H,8-12H2,1-3H3. The largest absolute Gasteiger partial charge is 0.433 e. The molecule has 2 aromatic heterocycles. The second-order valence-electron chi connectivity index (χ2n) is 8.01. The molecule has 28 heavy (non-hydrogen) atoms. The van der Waals surface area contributed by atoms with Crippen molar-refractivity contribution in [3.8, 4) is 0 Å². The van der Waals surface area contributed by atoms with Crippen molar-refractivity contribution in [2.24, 2.45) is 5.41 Å². The van der Waals surface area contributed by atoms with Gasteiger partial charge in [0.15, 0.2) is 0 Å². The first kappa shape index (κ1) is 19.7. The summed E-state index contributed by atoms with van der Waals surface area (Å²) >= 11 is 1.51. The summed E-state index contributed by atoms with van der Waals surface area (Å²) in [5.74, 6) is 0. The van der Waals surface area contributed by atoms with Crippen molar-refractivity contribution in [1.29, 1.82) is 0 Å². The number of pyridine rings is 2. The summed E-state index contributed by atoms with van der Waals surface area (Å²) in [6.07, 6.45) is -4.39. The lowest BCUT2D eigenvalue weighted by atomic mass is 9.74. The molecule has 2 aromatic rings. The number of likely N-dealkylation sites (tertiary alicyclic amines) is 1. The Balaban J connectivity index is 1.28. The highest BCUT2D eigenvalue weighted by Gasteiger charge is 2.51. The molecule has 0 aromatic carbocycles. The normalized spacial score (nSPS) is 19.5. The Morgan fingerprint density at radius 1 is 0.964 bits per heavy atom. The zero-order valence-corrected chi connectivity index (χ0v) is 17.0. The maximum absolute atomic E-state index is 12.7. The number of nitrogens with zero attached hydrogens (tertiary/aromatic N) is 4. The SMILES string of the molecule is Cc1ccc(CN2CC3(C2)CN(Sc2ccc(C(F)(F)F)nc2C)C3)c(C)n1. The van der Waals surface area contributed by atoms with E-state index in [0.29, 0.717) is 11.1 Å². The number of alkyl halides is 3. The monoisotopic (exact) mass is 408 g/mol. The Labute approximate surface area is 167 Å². The van der Waals surface area contributed by atoms with Crippen LogP contribution in [-0.4, -0.2) is 45.4 Å². The lowest BCUT2D eigenvalue weighted by Crippen LogP contribution is -2.70. The molecular weight excluding hydrogens is 385 g/mol. The highest BCUT2D eigenvalue weighted by atomic mass is 32.2. The van der Waals surface area contributed by atoms with E-state index in [0.717, 1.165) is 55.1 Å². The first-order valence-electron chi connectivity index (χ1n) is 9.27. The molecule has 0 aliphatic carbocycles. The molecule has 4 rings (SSSR count). The maximum Gasteiger partial charge on any atom is 0.433 e. The van der Waals surface area contributed by atoms with Gasteiger partial charge in [-0.05, 0) is 56.5 Å². The van der Waals surface area contributed by atoms with E-state index in [-0.39, 0.29) is 0 Å². The van der Waals surface area contributed by atoms with Gasteiger partial charge in [0, 0.05) is 54.4 Å². The maximum atomic E-state index is 12.7. The molecule has 0 bridgehead atoms. The van der Waals surface area contributed by atoms with Gasteiger partial charge in [-0.2, -0.15) is 13.2 Å². The fraction of sp³-hybridized carbons (Fsp3) is 0.500. The van der Waals surface area contributed by atoms with Crippen molar-refractivity contribution < 1.29 is 13.2 Å². The lowest BCUT2D eigenvalue weighted by Gasteiger charge is -2.60. The van der Waals surface area contributed by atoms with Crippen LogP contribution in [0.15, 0.2) is 29.2 Å². The molecular formula is C20H23F3N4S. The van der Waals surface area contributed by atoms with Gasteiger partial charge >= 0.3 is 6.18 Å². The molecule has 1 spiro atoms. The van der Waals surface area contributed by atoms with Gasteiger partial charge in [-0.3, -0.25) is 9.88 Å². The third-order valence-corrected chi connectivity index (χ3v) is 6.57. The van der Waals surface area contributed by atoms with Crippen LogP contribution in [0.2, 0.25) is 0 Å². The topological polar surface area (TPSA) is 32.3 Å². The van der Waals surface area contributed by atoms with E-state index in [1.165, 1.54) is 23.6 Å². The van der Waals surface area contributed by atoms with E-state index >= 15 is 0 Å². The van der Waals surface area contributed by atoms with Crippen LogP contribution in [0.1, 0.15) is 28.3 Å². The number of halogens is 3. The van der Waals surface area contributed by atoms with Crippen LogP contribution in [0.3, 0.4) is 0 Å². The third-order valence-electron chi connectivity index (χ3n) is 5.43. The van der Waals surface area contributed by atoms with Crippen molar-refractivity contribution in [3.05, 3.63) is 52.6 Å². The molecule has 0 saturated carbocycles. The van der Waals surface area contributed by atoms with Crippen LogP contribution in [-0.2, 0) is 12.7 Å². The minimum atomic E-state index is -4.39. The molecule has 0 radical (unpaired) electrons. The van der Waals surface area contributed by atoms with Crippen molar-refractivity contribution in [2.45, 2.75) is 38.4 Å². The quantitative estimate of drug-likeness (QED) is 0.707. The number of rotatable bonds is 4. The van der Waals surface area contributed by atoms with Gasteiger partial charge in [-0.15, -0.1) is 0 Å². The zero-order chi connectivity index (χ0) is 20.1. The second-order valence-corrected chi connectivity index (χ2v) is 9.15. The fourth-order valence-corrected chi connectivity index (χ4v) is 5.31. The van der Waals surface area contributed by atoms with E-state index in [1.54, 1.807) is 6.92 Å². The molecule has 2 aliphatic rings. The zero-order valence-electron chi connectivity index (χ0n) is 16.2. The van der Waals surface area contributed by atoms with Gasteiger partial charge in [0.05, 0.1) is 5.69 Å². The summed E-state index contributed by atoms with van der Waals surface area (Å²) in [7, 11) is 0. The van der Waals surface area contributed by atoms with E-state index in [2.05, 4.69) is 38.2 Å². The molecule has 4 heterocycles. The average Bonchev–Trinajstić information content (AvgIpc) is 2.53. The van der Waals surface area contributed by atoms with Gasteiger partial charge in [0.25, 0.3) is 0 Å². The van der Waals surface area contributed by atoms with Crippen molar-refractivity contribution in [2.75, 3.05) is 26.2 Å². The summed E-state index contributed by atoms with van der Waals surface area (Å²) in [4.78, 5) is 11.5. The van der Waals surface area contributed by atoms with E-state index in [9.17, 15) is 13.2 Å². The van der Waals surface area contributed by atoms with Crippen LogP contribution < -0.4 is 0 Å². The summed E-state index contributed by atoms with van der Waals surface area (Å²) < 4.78 is 40.4. The van der Waals surface area contributed by atoms with Gasteiger partial charge < -0.3 is 0 Å². The Morgan fingerprint density at radius 2 is 1.68 bits per heavy atom. The Hall–Kier alpha value is -1.64. The number of hydrogen-bond acceptors (Lipinski definition) is 5. The van der Waals surface area contributed by atoms with Gasteiger partial charge in [-0.1, -0.05) is 6.07 Å². The molecule has 0 amide bonds. The average molecular weight is 408 g/mol. The van der Waals surface area contributed by atoms with Gasteiger partial charge in [0.2, 0.25) is 0 Å². The molecule has 150 valence electrons. The van der Waals surface area contributed by atoms with Crippen LogP contribution in [0.4, 0.5) is 13.2 Å². The van der Waals surface area contributed by atoms with Crippen LogP contribution in [0.5, 0.6) is 0 Å². The van der Waals surface area contributed by atoms with Crippen molar-refractivity contribution in [3.63, 3.8) is 0 Å². The summed E-state index contributed by atoms with van der Waals surface area (Å²) in [6.45, 7) is 10.7. The molecule has 2 saturated heterocycles. The molecule has 4 nitrogen and oxygen atoms in total. The Morgan fingerprint density at radius 3 is 2.29 bits per heavy atom. The second kappa shape index (κ2) is 7.00. The third kappa shape index (κ3) is 3.90. The summed E-state index contributed by atoms with van der Waals surface area (Å²) in [6, 6.07) is 6.81. The highest BCUT2D eigenvalue weighted by Crippen LogP contribution is 2.45. The molecule has 2 fully saturated rings. The van der Waals surface area contributed by atoms with E-state index in [4.69, 9.17) is 0 Å². The first-order valence-corrected chi connectivity index (χ1v) is 10.0. The molecule has 0 unspecified atom stereocenters. The van der Waals surface area contributed by atoms with E-state index in [1.807, 2.05) is 6.92 Å². The fourth-order valence-electron chi connectivity index (χ4n) is 4.05. The molecule has 0 N–H and O–H groups in total. The summed E-state index contributed by atoms with van der Waals surface area (Å²) in [5, 5.41) is 0. The molecule has 2 aliphatic heterocycles. The number of hydrogen-bond donors (Lipinski definition) is 0. The van der Waals surface area contributed by atoms with E-state index < -0.39 is 11.9 Å². The Bertz CT molecular complexity index is 886. The van der Waals surface area contributed by atoms with Gasteiger partial charge in [0.1, 0.15) is 5.69 Å².